The first kappa shape index (κ1) is 21.5. The molecule has 3 heterocycles. The number of halogens is 2. The second-order valence-corrected chi connectivity index (χ2v) is 8.68. The van der Waals surface area contributed by atoms with Gasteiger partial charge in [-0.25, -0.2) is 22.6 Å². The van der Waals surface area contributed by atoms with E-state index in [-0.39, 0.29) is 40.6 Å². The maximum Gasteiger partial charge on any atom is 0.409 e. The Balaban J connectivity index is 1.78. The molecule has 32 heavy (non-hydrogen) atoms. The number of rotatable bonds is 6. The Morgan fingerprint density at radius 3 is 2.81 bits per heavy atom. The van der Waals surface area contributed by atoms with Crippen molar-refractivity contribution in [1.29, 1.82) is 0 Å². The van der Waals surface area contributed by atoms with Crippen molar-refractivity contribution in [3.05, 3.63) is 42.5 Å². The van der Waals surface area contributed by atoms with Crippen molar-refractivity contribution >= 4 is 27.5 Å². The quantitative estimate of drug-likeness (QED) is 0.557. The van der Waals surface area contributed by atoms with E-state index in [2.05, 4.69) is 20.7 Å². The van der Waals surface area contributed by atoms with Gasteiger partial charge in [-0.05, 0) is 25.1 Å². The molecule has 2 aromatic heterocycles. The van der Waals surface area contributed by atoms with Crippen LogP contribution in [0.3, 0.4) is 0 Å². The fraction of sp³-hybridized carbons (Fsp3) is 0.294. The summed E-state index contributed by atoms with van der Waals surface area (Å²) in [6.45, 7) is -1.73. The topological polar surface area (TPSA) is 144 Å². The zero-order valence-electron chi connectivity index (χ0n) is 16.5. The molecular formula is C17H17F2N7O5S. The summed E-state index contributed by atoms with van der Waals surface area (Å²) in [7, 11) is -4.36. The maximum atomic E-state index is 13.5. The van der Waals surface area contributed by atoms with Gasteiger partial charge in [0.25, 0.3) is 10.0 Å². The van der Waals surface area contributed by atoms with Gasteiger partial charge in [-0.2, -0.15) is 13.9 Å². The van der Waals surface area contributed by atoms with Gasteiger partial charge in [-0.15, -0.1) is 5.10 Å². The fourth-order valence-electron chi connectivity index (χ4n) is 3.31. The summed E-state index contributed by atoms with van der Waals surface area (Å²) in [5, 5.41) is 22.2. The molecular weight excluding hydrogens is 452 g/mol. The van der Waals surface area contributed by atoms with Gasteiger partial charge in [-0.3, -0.25) is 9.62 Å². The molecule has 0 saturated heterocycles. The third-order valence-electron chi connectivity index (χ3n) is 4.64. The van der Waals surface area contributed by atoms with Crippen LogP contribution in [-0.2, 0) is 16.6 Å². The van der Waals surface area contributed by atoms with Crippen LogP contribution >= 0.6 is 0 Å². The number of sulfonamides is 1. The van der Waals surface area contributed by atoms with E-state index in [1.807, 2.05) is 0 Å². The van der Waals surface area contributed by atoms with Crippen molar-refractivity contribution in [3.63, 3.8) is 0 Å². The van der Waals surface area contributed by atoms with E-state index in [4.69, 9.17) is 9.84 Å². The highest BCUT2D eigenvalue weighted by Gasteiger charge is 2.37. The van der Waals surface area contributed by atoms with Crippen molar-refractivity contribution in [1.82, 2.24) is 24.8 Å². The van der Waals surface area contributed by atoms with E-state index < -0.39 is 33.7 Å². The highest BCUT2D eigenvalue weighted by atomic mass is 32.2. The highest BCUT2D eigenvalue weighted by molar-refractivity contribution is 7.92. The van der Waals surface area contributed by atoms with E-state index in [1.165, 1.54) is 36.0 Å². The third kappa shape index (κ3) is 4.05. The number of ether oxygens (including phenoxy) is 1. The number of benzene rings is 1. The summed E-state index contributed by atoms with van der Waals surface area (Å²) in [5.41, 5.74) is 0.0519. The second-order valence-electron chi connectivity index (χ2n) is 6.85. The Labute approximate surface area is 180 Å². The molecule has 0 bridgehead atoms. The summed E-state index contributed by atoms with van der Waals surface area (Å²) in [4.78, 5) is 10.6. The number of fused-ring (bicyclic) bond motifs is 1. The Hall–Kier alpha value is -3.75. The molecule has 1 aromatic carbocycles. The van der Waals surface area contributed by atoms with Gasteiger partial charge in [0, 0.05) is 11.9 Å². The Kier molecular flexibility index (Phi) is 5.41. The number of nitrogens with one attached hydrogen (secondary N) is 1. The molecule has 3 aromatic rings. The first-order valence-electron chi connectivity index (χ1n) is 9.16. The molecule has 1 aliphatic heterocycles. The number of nitrogens with zero attached hydrogens (tertiary/aromatic N) is 6. The van der Waals surface area contributed by atoms with Gasteiger partial charge in [-0.1, -0.05) is 5.21 Å². The number of alkyl halides is 2. The molecule has 0 aliphatic carbocycles. The Bertz CT molecular complexity index is 1250. The van der Waals surface area contributed by atoms with Gasteiger partial charge < -0.3 is 9.84 Å². The minimum Gasteiger partial charge on any atom is -0.484 e. The van der Waals surface area contributed by atoms with Crippen LogP contribution in [-0.4, -0.2) is 57.0 Å². The summed E-state index contributed by atoms with van der Waals surface area (Å²) < 4.78 is 61.7. The predicted molar refractivity (Wildman–Crippen MR) is 105 cm³/mol. The zero-order chi connectivity index (χ0) is 23.0. The molecule has 0 radical (unpaired) electrons. The first-order chi connectivity index (χ1) is 15.1. The molecule has 4 rings (SSSR count). The second kappa shape index (κ2) is 8.07. The van der Waals surface area contributed by atoms with Crippen molar-refractivity contribution in [3.8, 4) is 5.75 Å². The van der Waals surface area contributed by atoms with Crippen LogP contribution < -0.4 is 14.4 Å². The minimum absolute atomic E-state index is 0.0512. The van der Waals surface area contributed by atoms with Crippen molar-refractivity contribution in [2.24, 2.45) is 0 Å². The molecule has 1 unspecified atom stereocenters. The zero-order valence-corrected chi connectivity index (χ0v) is 17.3. The number of anilines is 2. The molecule has 1 atom stereocenters. The monoisotopic (exact) mass is 469 g/mol. The molecule has 1 amide bonds. The van der Waals surface area contributed by atoms with Crippen LogP contribution in [0.4, 0.5) is 25.0 Å². The van der Waals surface area contributed by atoms with E-state index >= 15 is 0 Å². The van der Waals surface area contributed by atoms with Crippen LogP contribution in [0.1, 0.15) is 12.2 Å². The normalized spacial score (nSPS) is 16.0. The number of aryl methyl sites for hydroxylation is 1. The third-order valence-corrected chi connectivity index (χ3v) is 6.53. The van der Waals surface area contributed by atoms with E-state index in [1.54, 1.807) is 6.20 Å². The number of aromatic nitrogens is 5. The first-order valence-corrected chi connectivity index (χ1v) is 10.6. The van der Waals surface area contributed by atoms with Gasteiger partial charge in [0.2, 0.25) is 0 Å². The number of carboxylic acid groups (broad SMARTS) is 1. The van der Waals surface area contributed by atoms with Gasteiger partial charge >= 0.3 is 12.6 Å². The summed E-state index contributed by atoms with van der Waals surface area (Å²) in [6.07, 6.45) is 1.76. The predicted octanol–water partition coefficient (Wildman–Crippen LogP) is 1.92. The smallest absolute Gasteiger partial charge is 0.409 e. The van der Waals surface area contributed by atoms with Crippen molar-refractivity contribution in [2.75, 3.05) is 16.2 Å². The fourth-order valence-corrected chi connectivity index (χ4v) is 4.97. The van der Waals surface area contributed by atoms with Crippen molar-refractivity contribution < 1.29 is 31.8 Å². The number of hydrogen-bond donors (Lipinski definition) is 2. The van der Waals surface area contributed by atoms with Crippen LogP contribution in [0.2, 0.25) is 0 Å². The van der Waals surface area contributed by atoms with Crippen molar-refractivity contribution in [2.45, 2.75) is 31.0 Å². The summed E-state index contributed by atoms with van der Waals surface area (Å²) in [6, 6.07) is 4.13. The Morgan fingerprint density at radius 1 is 1.41 bits per heavy atom. The van der Waals surface area contributed by atoms with E-state index in [0.29, 0.717) is 0 Å². The average molecular weight is 469 g/mol. The highest BCUT2D eigenvalue weighted by Crippen LogP contribution is 2.39. The number of amides is 1. The van der Waals surface area contributed by atoms with Crippen LogP contribution in [0, 0.1) is 6.92 Å². The average Bonchev–Trinajstić information content (AvgIpc) is 3.37. The summed E-state index contributed by atoms with van der Waals surface area (Å²) in [5.74, 6) is 0.166. The van der Waals surface area contributed by atoms with Crippen LogP contribution in [0.15, 0.2) is 41.7 Å². The molecule has 15 heteroatoms. The maximum absolute atomic E-state index is 13.5. The standard InChI is InChI=1S/C17H17F2N7O5S/c1-10-15(9-25(22-10)16(18)19)32(29,30)26-8-12(7-24-5-4-20-23-24)31-14-3-2-11(6-13(14)26)21-17(27)28/h2-6,9,12,16,21H,7-8H2,1H3,(H,27,28). The Morgan fingerprint density at radius 2 is 2.19 bits per heavy atom. The molecule has 170 valence electrons. The number of hydrogen-bond acceptors (Lipinski definition) is 7. The lowest BCUT2D eigenvalue weighted by Gasteiger charge is -2.35. The van der Waals surface area contributed by atoms with Crippen LogP contribution in [0.25, 0.3) is 0 Å². The molecule has 12 nitrogen and oxygen atoms in total. The van der Waals surface area contributed by atoms with Crippen LogP contribution in [0.5, 0.6) is 5.75 Å². The van der Waals surface area contributed by atoms with Gasteiger partial charge in [0.05, 0.1) is 36.9 Å². The molecule has 0 fully saturated rings. The van der Waals surface area contributed by atoms with Gasteiger partial charge in [0.1, 0.15) is 16.7 Å². The lowest BCUT2D eigenvalue weighted by atomic mass is 10.2. The summed E-state index contributed by atoms with van der Waals surface area (Å²) >= 11 is 0. The van der Waals surface area contributed by atoms with E-state index in [9.17, 15) is 22.0 Å². The largest absolute Gasteiger partial charge is 0.484 e. The number of carbonyl (C=O) groups is 1. The molecule has 0 spiro atoms. The SMILES string of the molecule is Cc1nn(C(F)F)cc1S(=O)(=O)N1CC(Cn2ccnn2)Oc2ccc(NC(=O)O)cc21. The lowest BCUT2D eigenvalue weighted by molar-refractivity contribution is 0.0561. The molecule has 0 saturated carbocycles. The minimum atomic E-state index is -4.36. The lowest BCUT2D eigenvalue weighted by Crippen LogP contribution is -2.45. The molecule has 2 N–H and O–H groups in total. The molecule has 1 aliphatic rings. The van der Waals surface area contributed by atoms with E-state index in [0.717, 1.165) is 10.5 Å². The van der Waals surface area contributed by atoms with Gasteiger partial charge in [0.15, 0.2) is 0 Å².